The fraction of sp³-hybridized carbons (Fsp3) is 0.100. The van der Waals surface area contributed by atoms with Crippen molar-refractivity contribution in [2.75, 3.05) is 11.6 Å². The van der Waals surface area contributed by atoms with Crippen molar-refractivity contribution in [1.82, 2.24) is 10.4 Å². The van der Waals surface area contributed by atoms with E-state index in [0.717, 1.165) is 11.4 Å². The summed E-state index contributed by atoms with van der Waals surface area (Å²) in [6.07, 6.45) is 1.61. The standard InChI is InChI=1S/C20H19N3O2/c1-2-25-20-18(14-9-15-21-20)19(24)22-23(16-10-5-3-6-11-16)17-12-7-4-8-13-17/h3-15H,2H2,1H3,(H,22,24). The summed E-state index contributed by atoms with van der Waals surface area (Å²) in [5.74, 6) is 0.0350. The molecule has 0 radical (unpaired) electrons. The predicted octanol–water partition coefficient (Wildman–Crippen LogP) is 3.96. The predicted molar refractivity (Wildman–Crippen MR) is 97.9 cm³/mol. The molecular weight excluding hydrogens is 314 g/mol. The Balaban J connectivity index is 1.92. The van der Waals surface area contributed by atoms with Crippen LogP contribution in [0.5, 0.6) is 5.88 Å². The summed E-state index contributed by atoms with van der Waals surface area (Å²) >= 11 is 0. The second-order valence-corrected chi connectivity index (χ2v) is 5.24. The molecule has 5 nitrogen and oxygen atoms in total. The highest BCUT2D eigenvalue weighted by Crippen LogP contribution is 2.23. The third kappa shape index (κ3) is 3.95. The number of para-hydroxylation sites is 2. The maximum absolute atomic E-state index is 12.8. The first-order chi connectivity index (χ1) is 12.3. The molecule has 0 aliphatic carbocycles. The van der Waals surface area contributed by atoms with Gasteiger partial charge in [-0.15, -0.1) is 0 Å². The molecule has 0 fully saturated rings. The first-order valence-electron chi connectivity index (χ1n) is 8.08. The monoisotopic (exact) mass is 333 g/mol. The van der Waals surface area contributed by atoms with Gasteiger partial charge in [-0.3, -0.25) is 15.2 Å². The molecule has 1 aromatic heterocycles. The molecule has 126 valence electrons. The summed E-state index contributed by atoms with van der Waals surface area (Å²) in [5.41, 5.74) is 5.03. The molecule has 1 amide bonds. The highest BCUT2D eigenvalue weighted by molar-refractivity contribution is 5.98. The molecule has 1 heterocycles. The van der Waals surface area contributed by atoms with E-state index in [1.165, 1.54) is 0 Å². The van der Waals surface area contributed by atoms with Gasteiger partial charge >= 0.3 is 0 Å². The number of hydrazine groups is 1. The lowest BCUT2D eigenvalue weighted by Gasteiger charge is -2.25. The lowest BCUT2D eigenvalue weighted by atomic mass is 10.2. The zero-order chi connectivity index (χ0) is 17.5. The molecule has 0 saturated carbocycles. The molecule has 1 N–H and O–H groups in total. The van der Waals surface area contributed by atoms with Crippen molar-refractivity contribution in [2.24, 2.45) is 0 Å². The van der Waals surface area contributed by atoms with Crippen LogP contribution in [0.1, 0.15) is 17.3 Å². The summed E-state index contributed by atoms with van der Waals surface area (Å²) in [6, 6.07) is 22.7. The minimum atomic E-state index is -0.288. The van der Waals surface area contributed by atoms with E-state index in [2.05, 4.69) is 10.4 Å². The zero-order valence-electron chi connectivity index (χ0n) is 13.9. The van der Waals surface area contributed by atoms with E-state index in [0.29, 0.717) is 18.1 Å². The number of anilines is 2. The van der Waals surface area contributed by atoms with Gasteiger partial charge in [-0.2, -0.15) is 0 Å². The maximum atomic E-state index is 12.8. The van der Waals surface area contributed by atoms with Crippen molar-refractivity contribution in [3.63, 3.8) is 0 Å². The molecule has 0 saturated heterocycles. The molecule has 0 spiro atoms. The Kier molecular flexibility index (Phi) is 5.26. The first kappa shape index (κ1) is 16.5. The van der Waals surface area contributed by atoms with Gasteiger partial charge in [-0.25, -0.2) is 4.98 Å². The number of carbonyl (C=O) groups excluding carboxylic acids is 1. The van der Waals surface area contributed by atoms with Crippen LogP contribution in [-0.2, 0) is 0 Å². The topological polar surface area (TPSA) is 54.5 Å². The number of carbonyl (C=O) groups is 1. The number of hydrogen-bond donors (Lipinski definition) is 1. The number of ether oxygens (including phenoxy) is 1. The van der Waals surface area contributed by atoms with Crippen LogP contribution in [0.4, 0.5) is 11.4 Å². The van der Waals surface area contributed by atoms with E-state index < -0.39 is 0 Å². The Bertz CT molecular complexity index is 783. The van der Waals surface area contributed by atoms with Crippen molar-refractivity contribution in [3.8, 4) is 5.88 Å². The molecule has 0 bridgehead atoms. The summed E-state index contributed by atoms with van der Waals surface area (Å²) in [5, 5.41) is 1.74. The van der Waals surface area contributed by atoms with Gasteiger partial charge < -0.3 is 4.74 Å². The van der Waals surface area contributed by atoms with Gasteiger partial charge in [0.1, 0.15) is 5.56 Å². The lowest BCUT2D eigenvalue weighted by Crippen LogP contribution is -2.39. The van der Waals surface area contributed by atoms with Crippen molar-refractivity contribution in [2.45, 2.75) is 6.92 Å². The number of nitrogens with one attached hydrogen (secondary N) is 1. The first-order valence-corrected chi connectivity index (χ1v) is 8.08. The molecule has 3 rings (SSSR count). The fourth-order valence-electron chi connectivity index (χ4n) is 2.41. The summed E-state index contributed by atoms with van der Waals surface area (Å²) in [7, 11) is 0. The number of nitrogens with zero attached hydrogens (tertiary/aromatic N) is 2. The average molecular weight is 333 g/mol. The fourth-order valence-corrected chi connectivity index (χ4v) is 2.41. The van der Waals surface area contributed by atoms with E-state index >= 15 is 0 Å². The van der Waals surface area contributed by atoms with Crippen LogP contribution < -0.4 is 15.2 Å². The smallest absolute Gasteiger partial charge is 0.275 e. The van der Waals surface area contributed by atoms with Crippen LogP contribution in [0.2, 0.25) is 0 Å². The molecule has 3 aromatic rings. The molecule has 25 heavy (non-hydrogen) atoms. The average Bonchev–Trinajstić information content (AvgIpc) is 2.68. The van der Waals surface area contributed by atoms with Gasteiger partial charge in [0.05, 0.1) is 18.0 Å². The highest BCUT2D eigenvalue weighted by Gasteiger charge is 2.18. The number of hydrogen-bond acceptors (Lipinski definition) is 4. The van der Waals surface area contributed by atoms with E-state index in [4.69, 9.17) is 4.74 Å². The van der Waals surface area contributed by atoms with Crippen LogP contribution in [0, 0.1) is 0 Å². The molecule has 0 aliphatic heterocycles. The van der Waals surface area contributed by atoms with Gasteiger partial charge in [-0.05, 0) is 43.3 Å². The molecule has 0 atom stereocenters. The molecule has 0 aliphatic rings. The Labute approximate surface area is 146 Å². The van der Waals surface area contributed by atoms with E-state index in [1.54, 1.807) is 23.3 Å². The summed E-state index contributed by atoms with van der Waals surface area (Å²) < 4.78 is 5.46. The number of aromatic nitrogens is 1. The van der Waals surface area contributed by atoms with Crippen LogP contribution >= 0.6 is 0 Å². The Morgan fingerprint density at radius 1 is 0.960 bits per heavy atom. The van der Waals surface area contributed by atoms with E-state index in [1.807, 2.05) is 67.6 Å². The highest BCUT2D eigenvalue weighted by atomic mass is 16.5. The third-order valence-electron chi connectivity index (χ3n) is 3.54. The van der Waals surface area contributed by atoms with Crippen LogP contribution in [0.25, 0.3) is 0 Å². The van der Waals surface area contributed by atoms with Crippen LogP contribution in [0.15, 0.2) is 79.0 Å². The quantitative estimate of drug-likeness (QED) is 0.694. The number of amides is 1. The maximum Gasteiger partial charge on any atom is 0.275 e. The van der Waals surface area contributed by atoms with Crippen molar-refractivity contribution in [3.05, 3.63) is 84.6 Å². The Hall–Kier alpha value is -3.34. The van der Waals surface area contributed by atoms with Crippen LogP contribution in [0.3, 0.4) is 0 Å². The molecule has 5 heteroatoms. The Morgan fingerprint density at radius 2 is 1.56 bits per heavy atom. The normalized spacial score (nSPS) is 10.1. The summed E-state index contributed by atoms with van der Waals surface area (Å²) in [6.45, 7) is 2.30. The van der Waals surface area contributed by atoms with Crippen molar-refractivity contribution < 1.29 is 9.53 Å². The SMILES string of the molecule is CCOc1ncccc1C(=O)NN(c1ccccc1)c1ccccc1. The molecule has 0 unspecified atom stereocenters. The van der Waals surface area contributed by atoms with Gasteiger partial charge in [0.25, 0.3) is 5.91 Å². The van der Waals surface area contributed by atoms with Crippen molar-refractivity contribution >= 4 is 17.3 Å². The van der Waals surface area contributed by atoms with Gasteiger partial charge in [0, 0.05) is 6.20 Å². The minimum Gasteiger partial charge on any atom is -0.477 e. The van der Waals surface area contributed by atoms with Gasteiger partial charge in [0.2, 0.25) is 5.88 Å². The van der Waals surface area contributed by atoms with Gasteiger partial charge in [0.15, 0.2) is 0 Å². The summed E-state index contributed by atoms with van der Waals surface area (Å²) in [4.78, 5) is 17.0. The largest absolute Gasteiger partial charge is 0.477 e. The van der Waals surface area contributed by atoms with Gasteiger partial charge in [-0.1, -0.05) is 36.4 Å². The second-order valence-electron chi connectivity index (χ2n) is 5.24. The number of rotatable bonds is 6. The number of benzene rings is 2. The van der Waals surface area contributed by atoms with E-state index in [-0.39, 0.29) is 5.91 Å². The lowest BCUT2D eigenvalue weighted by molar-refractivity contribution is 0.0949. The molecular formula is C20H19N3O2. The third-order valence-corrected chi connectivity index (χ3v) is 3.54. The minimum absolute atomic E-state index is 0.288. The zero-order valence-corrected chi connectivity index (χ0v) is 13.9. The van der Waals surface area contributed by atoms with Crippen molar-refractivity contribution in [1.29, 1.82) is 0 Å². The van der Waals surface area contributed by atoms with E-state index in [9.17, 15) is 4.79 Å². The molecule has 2 aromatic carbocycles. The second kappa shape index (κ2) is 7.97. The van der Waals surface area contributed by atoms with Crippen LogP contribution in [-0.4, -0.2) is 17.5 Å². The Morgan fingerprint density at radius 3 is 2.12 bits per heavy atom. The number of pyridine rings is 1.